The molecule has 1 amide bonds. The molecule has 1 aromatic rings. The number of aliphatic hydroxyl groups is 1. The highest BCUT2D eigenvalue weighted by molar-refractivity contribution is 7.89. The van der Waals surface area contributed by atoms with Crippen molar-refractivity contribution in [1.82, 2.24) is 9.21 Å². The number of hydrogen-bond donors (Lipinski definition) is 1. The van der Waals surface area contributed by atoms with Gasteiger partial charge >= 0.3 is 6.09 Å². The van der Waals surface area contributed by atoms with Gasteiger partial charge in [-0.25, -0.2) is 13.2 Å². The molecule has 2 atom stereocenters. The van der Waals surface area contributed by atoms with E-state index in [9.17, 15) is 18.3 Å². The number of carbonyl (C=O) groups is 1. The third-order valence-corrected chi connectivity index (χ3v) is 8.40. The van der Waals surface area contributed by atoms with Crippen LogP contribution in [0.4, 0.5) is 4.79 Å². The first-order chi connectivity index (χ1) is 15.0. The van der Waals surface area contributed by atoms with Crippen LogP contribution in [0.1, 0.15) is 33.6 Å². The zero-order chi connectivity index (χ0) is 23.5. The molecule has 0 unspecified atom stereocenters. The molecule has 0 radical (unpaired) electrons. The average molecular weight is 489 g/mol. The normalized spacial score (nSPS) is 23.8. The third kappa shape index (κ3) is 5.75. The van der Waals surface area contributed by atoms with Crippen molar-refractivity contribution in [2.75, 3.05) is 39.5 Å². The number of sulfonamides is 1. The van der Waals surface area contributed by atoms with Gasteiger partial charge in [-0.1, -0.05) is 32.4 Å². The number of ether oxygens (including phenoxy) is 2. The van der Waals surface area contributed by atoms with Crippen molar-refractivity contribution < 1.29 is 27.8 Å². The summed E-state index contributed by atoms with van der Waals surface area (Å²) in [6, 6.07) is 4.99. The number of halogens is 1. The van der Waals surface area contributed by atoms with E-state index < -0.39 is 33.6 Å². The molecular weight excluding hydrogens is 456 g/mol. The Balaban J connectivity index is 1.78. The largest absolute Gasteiger partial charge is 0.448 e. The Morgan fingerprint density at radius 3 is 2.38 bits per heavy atom. The molecule has 2 saturated heterocycles. The van der Waals surface area contributed by atoms with Crippen LogP contribution < -0.4 is 0 Å². The Hall–Kier alpha value is -1.39. The second-order valence-corrected chi connectivity index (χ2v) is 11.8. The van der Waals surface area contributed by atoms with Crippen molar-refractivity contribution in [2.24, 2.45) is 11.3 Å². The van der Waals surface area contributed by atoms with Crippen LogP contribution >= 0.6 is 11.6 Å². The summed E-state index contributed by atoms with van der Waals surface area (Å²) < 4.78 is 40.0. The molecule has 1 aromatic carbocycles. The van der Waals surface area contributed by atoms with E-state index in [0.717, 1.165) is 12.8 Å². The zero-order valence-corrected chi connectivity index (χ0v) is 20.4. The predicted molar refractivity (Wildman–Crippen MR) is 121 cm³/mol. The summed E-state index contributed by atoms with van der Waals surface area (Å²) in [5.41, 5.74) is -0.394. The van der Waals surface area contributed by atoms with Crippen molar-refractivity contribution >= 4 is 27.7 Å². The van der Waals surface area contributed by atoms with E-state index in [2.05, 4.69) is 0 Å². The third-order valence-electron chi connectivity index (χ3n) is 6.17. The predicted octanol–water partition coefficient (Wildman–Crippen LogP) is 2.99. The number of nitrogens with zero attached hydrogens (tertiary/aromatic N) is 2. The topological polar surface area (TPSA) is 96.4 Å². The number of aliphatic hydroxyl groups excluding tert-OH is 1. The van der Waals surface area contributed by atoms with Crippen molar-refractivity contribution in [3.8, 4) is 0 Å². The molecule has 10 heteroatoms. The molecule has 0 bridgehead atoms. The van der Waals surface area contributed by atoms with Crippen LogP contribution in [0.2, 0.25) is 5.02 Å². The summed E-state index contributed by atoms with van der Waals surface area (Å²) in [4.78, 5) is 14.3. The lowest BCUT2D eigenvalue weighted by Crippen LogP contribution is -2.60. The van der Waals surface area contributed by atoms with E-state index in [1.54, 1.807) is 17.0 Å². The Labute approximate surface area is 195 Å². The Morgan fingerprint density at radius 2 is 1.81 bits per heavy atom. The standard InChI is InChI=1S/C22H33ClN2O6S/c1-22(2,3)20-15-30-13-18(14-31-21(27)24-10-8-16(12-26)9-11-24)25(20)32(28,29)19-6-4-17(23)5-7-19/h4-7,16,18,20,26H,8-15H2,1-3H3/t18-,20+/m1/s1. The molecule has 2 aliphatic rings. The summed E-state index contributed by atoms with van der Waals surface area (Å²) in [6.07, 6.45) is 0.978. The summed E-state index contributed by atoms with van der Waals surface area (Å²) in [5, 5.41) is 9.73. The van der Waals surface area contributed by atoms with Gasteiger partial charge in [-0.15, -0.1) is 0 Å². The maximum atomic E-state index is 13.6. The minimum absolute atomic E-state index is 0.0990. The van der Waals surface area contributed by atoms with Gasteiger partial charge in [0.2, 0.25) is 10.0 Å². The van der Waals surface area contributed by atoms with E-state index in [1.165, 1.54) is 16.4 Å². The molecule has 1 N–H and O–H groups in total. The number of rotatable bonds is 5. The Kier molecular flexibility index (Phi) is 8.09. The zero-order valence-electron chi connectivity index (χ0n) is 18.9. The molecule has 0 saturated carbocycles. The first-order valence-corrected chi connectivity index (χ1v) is 12.7. The Morgan fingerprint density at radius 1 is 1.19 bits per heavy atom. The molecule has 2 fully saturated rings. The van der Waals surface area contributed by atoms with Crippen LogP contribution in [0, 0.1) is 11.3 Å². The second kappa shape index (κ2) is 10.3. The lowest BCUT2D eigenvalue weighted by Gasteiger charge is -2.46. The summed E-state index contributed by atoms with van der Waals surface area (Å²) in [5.74, 6) is 0.207. The highest BCUT2D eigenvalue weighted by Crippen LogP contribution is 2.34. The van der Waals surface area contributed by atoms with Crippen molar-refractivity contribution in [3.05, 3.63) is 29.3 Å². The number of hydrogen-bond acceptors (Lipinski definition) is 6. The molecule has 0 aromatic heterocycles. The molecular formula is C22H33ClN2O6S. The van der Waals surface area contributed by atoms with Crippen LogP contribution in [0.5, 0.6) is 0 Å². The fraction of sp³-hybridized carbons (Fsp3) is 0.682. The lowest BCUT2D eigenvalue weighted by atomic mass is 9.86. The molecule has 0 aliphatic carbocycles. The number of carbonyl (C=O) groups excluding carboxylic acids is 1. The monoisotopic (exact) mass is 488 g/mol. The first kappa shape index (κ1) is 25.2. The van der Waals surface area contributed by atoms with Gasteiger partial charge in [0.1, 0.15) is 6.61 Å². The fourth-order valence-corrected chi connectivity index (χ4v) is 6.20. The van der Waals surface area contributed by atoms with Gasteiger partial charge in [0, 0.05) is 24.7 Å². The minimum atomic E-state index is -3.88. The molecule has 180 valence electrons. The summed E-state index contributed by atoms with van der Waals surface area (Å²) in [7, 11) is -3.88. The van der Waals surface area contributed by atoms with Gasteiger partial charge in [-0.3, -0.25) is 0 Å². The lowest BCUT2D eigenvalue weighted by molar-refractivity contribution is -0.0597. The number of morpholine rings is 1. The van der Waals surface area contributed by atoms with Gasteiger partial charge in [0.05, 0.1) is 30.2 Å². The van der Waals surface area contributed by atoms with Gasteiger partial charge in [0.15, 0.2) is 0 Å². The minimum Gasteiger partial charge on any atom is -0.448 e. The van der Waals surface area contributed by atoms with Crippen LogP contribution in [0.25, 0.3) is 0 Å². The van der Waals surface area contributed by atoms with Gasteiger partial charge in [-0.2, -0.15) is 4.31 Å². The summed E-state index contributed by atoms with van der Waals surface area (Å²) >= 11 is 5.95. The fourth-order valence-electron chi connectivity index (χ4n) is 4.12. The second-order valence-electron chi connectivity index (χ2n) is 9.55. The highest BCUT2D eigenvalue weighted by Gasteiger charge is 2.46. The molecule has 2 aliphatic heterocycles. The molecule has 8 nitrogen and oxygen atoms in total. The van der Waals surface area contributed by atoms with E-state index in [4.69, 9.17) is 21.1 Å². The Bertz CT molecular complexity index is 879. The average Bonchev–Trinajstić information content (AvgIpc) is 2.77. The van der Waals surface area contributed by atoms with E-state index in [-0.39, 0.29) is 37.2 Å². The number of amides is 1. The van der Waals surface area contributed by atoms with Crippen LogP contribution in [0.3, 0.4) is 0 Å². The quantitative estimate of drug-likeness (QED) is 0.684. The van der Waals surface area contributed by atoms with Crippen molar-refractivity contribution in [3.63, 3.8) is 0 Å². The molecule has 3 rings (SSSR count). The molecule has 32 heavy (non-hydrogen) atoms. The highest BCUT2D eigenvalue weighted by atomic mass is 35.5. The van der Waals surface area contributed by atoms with Gasteiger partial charge < -0.3 is 19.5 Å². The van der Waals surface area contributed by atoms with Gasteiger partial charge in [0.25, 0.3) is 0 Å². The van der Waals surface area contributed by atoms with E-state index in [1.807, 2.05) is 20.8 Å². The van der Waals surface area contributed by atoms with Crippen LogP contribution in [0.15, 0.2) is 29.2 Å². The number of benzene rings is 1. The summed E-state index contributed by atoms with van der Waals surface area (Å²) in [6.45, 7) is 7.34. The maximum absolute atomic E-state index is 13.6. The first-order valence-electron chi connectivity index (χ1n) is 10.9. The van der Waals surface area contributed by atoms with Crippen LogP contribution in [-0.4, -0.2) is 80.4 Å². The van der Waals surface area contributed by atoms with E-state index >= 15 is 0 Å². The molecule has 2 heterocycles. The van der Waals surface area contributed by atoms with Crippen LogP contribution in [-0.2, 0) is 19.5 Å². The van der Waals surface area contributed by atoms with E-state index in [0.29, 0.717) is 18.1 Å². The number of likely N-dealkylation sites (tertiary alicyclic amines) is 1. The number of piperidine rings is 1. The maximum Gasteiger partial charge on any atom is 0.409 e. The van der Waals surface area contributed by atoms with Gasteiger partial charge in [-0.05, 0) is 48.4 Å². The van der Waals surface area contributed by atoms with Crippen molar-refractivity contribution in [2.45, 2.75) is 50.6 Å². The van der Waals surface area contributed by atoms with Crippen molar-refractivity contribution in [1.29, 1.82) is 0 Å². The SMILES string of the molecule is CC(C)(C)[C@@H]1COC[C@H](COC(=O)N2CCC(CO)CC2)N1S(=O)(=O)c1ccc(Cl)cc1. The molecule has 0 spiro atoms. The smallest absolute Gasteiger partial charge is 0.409 e.